The largest absolute Gasteiger partial charge is 0.537 e. The summed E-state index contributed by atoms with van der Waals surface area (Å²) in [5.41, 5.74) is 0. The lowest BCUT2D eigenvalue weighted by molar-refractivity contribution is 0.432. The van der Waals surface area contributed by atoms with E-state index in [4.69, 9.17) is 16.6 Å². The van der Waals surface area contributed by atoms with Crippen LogP contribution >= 0.6 is 11.6 Å². The third-order valence-corrected chi connectivity index (χ3v) is 1.35. The zero-order valence-corrected chi connectivity index (χ0v) is 6.31. The summed E-state index contributed by atoms with van der Waals surface area (Å²) in [5, 5.41) is 8.59. The molecule has 0 aliphatic rings. The number of benzene rings is 1. The maximum Gasteiger partial charge on any atom is 0.504 e. The smallest absolute Gasteiger partial charge is 0.504 e. The predicted octanol–water partition coefficient (Wildman–Crippen LogP) is 1.12. The molecule has 0 saturated carbocycles. The average molecular weight is 174 g/mol. The molecule has 0 amide bonds. The van der Waals surface area contributed by atoms with Gasteiger partial charge in [-0.05, 0) is 18.2 Å². The first-order chi connectivity index (χ1) is 5.24. The quantitative estimate of drug-likeness (QED) is 0.681. The van der Waals surface area contributed by atoms with Crippen molar-refractivity contribution in [2.45, 2.75) is 0 Å². The van der Waals surface area contributed by atoms with Crippen LogP contribution in [-0.4, -0.2) is 12.7 Å². The first kappa shape index (κ1) is 8.36. The van der Waals surface area contributed by atoms with Crippen LogP contribution in [0, 0.1) is 5.82 Å². The van der Waals surface area contributed by atoms with Crippen LogP contribution in [0.25, 0.3) is 0 Å². The fraction of sp³-hybridized carbons (Fsp3) is 0. The molecule has 0 aliphatic heterocycles. The van der Waals surface area contributed by atoms with Gasteiger partial charge in [-0.15, -0.1) is 0 Å². The van der Waals surface area contributed by atoms with Crippen LogP contribution in [0.2, 0.25) is 5.02 Å². The number of hydrogen-bond donors (Lipinski definition) is 1. The van der Waals surface area contributed by atoms with Gasteiger partial charge in [-0.25, -0.2) is 4.39 Å². The Kier molecular flexibility index (Phi) is 2.73. The Labute approximate surface area is 68.9 Å². The van der Waals surface area contributed by atoms with E-state index in [-0.39, 0.29) is 5.75 Å². The van der Waals surface area contributed by atoms with E-state index >= 15 is 0 Å². The highest BCUT2D eigenvalue weighted by molar-refractivity contribution is 6.30. The van der Waals surface area contributed by atoms with E-state index < -0.39 is 13.5 Å². The molecule has 1 aromatic carbocycles. The second-order valence-electron chi connectivity index (χ2n) is 1.85. The molecule has 0 saturated heterocycles. The van der Waals surface area contributed by atoms with E-state index in [0.717, 1.165) is 6.07 Å². The Morgan fingerprint density at radius 1 is 1.55 bits per heavy atom. The Morgan fingerprint density at radius 3 is 2.82 bits per heavy atom. The second kappa shape index (κ2) is 3.60. The SMILES string of the molecule is OBOc1ccc(Cl)cc1F. The Hall–Kier alpha value is -0.735. The van der Waals surface area contributed by atoms with Crippen LogP contribution in [0.5, 0.6) is 5.75 Å². The van der Waals surface area contributed by atoms with Crippen LogP contribution < -0.4 is 4.65 Å². The van der Waals surface area contributed by atoms with Gasteiger partial charge >= 0.3 is 7.69 Å². The van der Waals surface area contributed by atoms with Crippen LogP contribution in [0.1, 0.15) is 0 Å². The summed E-state index contributed by atoms with van der Waals surface area (Å²) in [5.74, 6) is -0.580. The highest BCUT2D eigenvalue weighted by atomic mass is 35.5. The third-order valence-electron chi connectivity index (χ3n) is 1.11. The van der Waals surface area contributed by atoms with E-state index in [0.29, 0.717) is 5.02 Å². The fourth-order valence-electron chi connectivity index (χ4n) is 0.662. The van der Waals surface area contributed by atoms with Gasteiger partial charge in [0, 0.05) is 5.02 Å². The van der Waals surface area contributed by atoms with Crippen molar-refractivity contribution in [1.29, 1.82) is 0 Å². The zero-order valence-electron chi connectivity index (χ0n) is 5.55. The highest BCUT2D eigenvalue weighted by Gasteiger charge is 2.02. The summed E-state index contributed by atoms with van der Waals surface area (Å²) < 4.78 is 17.2. The molecule has 0 unspecified atom stereocenters. The molecule has 11 heavy (non-hydrogen) atoms. The maximum absolute atomic E-state index is 12.7. The summed E-state index contributed by atoms with van der Waals surface area (Å²) in [6.07, 6.45) is 0. The molecule has 0 atom stereocenters. The minimum absolute atomic E-state index is 0.00287. The van der Waals surface area contributed by atoms with Gasteiger partial charge in [0.25, 0.3) is 0 Å². The van der Waals surface area contributed by atoms with Crippen molar-refractivity contribution < 1.29 is 14.1 Å². The van der Waals surface area contributed by atoms with Crippen LogP contribution in [0.15, 0.2) is 18.2 Å². The van der Waals surface area contributed by atoms with E-state index in [2.05, 4.69) is 4.65 Å². The molecule has 0 aliphatic carbocycles. The molecule has 58 valence electrons. The molecule has 0 aromatic heterocycles. The van der Waals surface area contributed by atoms with Gasteiger partial charge in [-0.1, -0.05) is 11.6 Å². The van der Waals surface area contributed by atoms with Crippen molar-refractivity contribution >= 4 is 19.3 Å². The van der Waals surface area contributed by atoms with E-state index in [1.165, 1.54) is 12.1 Å². The molecule has 0 spiro atoms. The van der Waals surface area contributed by atoms with Crippen LogP contribution in [0.4, 0.5) is 4.39 Å². The van der Waals surface area contributed by atoms with Gasteiger partial charge < -0.3 is 9.68 Å². The van der Waals surface area contributed by atoms with Gasteiger partial charge in [-0.3, -0.25) is 0 Å². The third kappa shape index (κ3) is 2.10. The van der Waals surface area contributed by atoms with Crippen molar-refractivity contribution in [1.82, 2.24) is 0 Å². The maximum atomic E-state index is 12.7. The van der Waals surface area contributed by atoms with Gasteiger partial charge in [0.2, 0.25) is 0 Å². The van der Waals surface area contributed by atoms with Gasteiger partial charge in [0.15, 0.2) is 5.82 Å². The molecule has 0 radical (unpaired) electrons. The molecule has 5 heteroatoms. The summed E-state index contributed by atoms with van der Waals surface area (Å²) in [7, 11) is -0.543. The normalized spacial score (nSPS) is 9.36. The molecule has 1 aromatic rings. The molecule has 0 heterocycles. The van der Waals surface area contributed by atoms with Gasteiger partial charge in [-0.2, -0.15) is 0 Å². The van der Waals surface area contributed by atoms with Crippen molar-refractivity contribution in [3.05, 3.63) is 29.0 Å². The number of rotatable bonds is 2. The summed E-state index contributed by atoms with van der Waals surface area (Å²) in [6.45, 7) is 0. The fourth-order valence-corrected chi connectivity index (χ4v) is 0.821. The average Bonchev–Trinajstić information content (AvgIpc) is 1.95. The molecule has 0 fully saturated rings. The Balaban J connectivity index is 2.90. The molecule has 2 nitrogen and oxygen atoms in total. The van der Waals surface area contributed by atoms with Crippen molar-refractivity contribution in [2.24, 2.45) is 0 Å². The van der Waals surface area contributed by atoms with Gasteiger partial charge in [0.1, 0.15) is 5.75 Å². The first-order valence-electron chi connectivity index (χ1n) is 2.93. The van der Waals surface area contributed by atoms with Crippen molar-refractivity contribution in [3.8, 4) is 5.75 Å². The highest BCUT2D eigenvalue weighted by Crippen LogP contribution is 2.20. The van der Waals surface area contributed by atoms with Crippen LogP contribution in [-0.2, 0) is 0 Å². The second-order valence-corrected chi connectivity index (χ2v) is 2.28. The topological polar surface area (TPSA) is 29.5 Å². The summed E-state index contributed by atoms with van der Waals surface area (Å²) >= 11 is 5.46. The Bertz CT molecular complexity index is 256. The molecule has 0 bridgehead atoms. The minimum Gasteiger partial charge on any atom is -0.537 e. The van der Waals surface area contributed by atoms with Crippen molar-refractivity contribution in [3.63, 3.8) is 0 Å². The molecular weight excluding hydrogens is 169 g/mol. The first-order valence-corrected chi connectivity index (χ1v) is 3.30. The number of halogens is 2. The minimum atomic E-state index is -0.577. The number of hydrogen-bond acceptors (Lipinski definition) is 2. The summed E-state index contributed by atoms with van der Waals surface area (Å²) in [6, 6.07) is 3.95. The van der Waals surface area contributed by atoms with Gasteiger partial charge in [0.05, 0.1) is 0 Å². The molecule has 1 N–H and O–H groups in total. The standard InChI is InChI=1S/C6H5BClFO2/c8-4-1-2-6(11-7-10)5(9)3-4/h1-3,7,10H. The zero-order chi connectivity index (χ0) is 8.27. The van der Waals surface area contributed by atoms with E-state index in [1.807, 2.05) is 0 Å². The summed E-state index contributed by atoms with van der Waals surface area (Å²) in [4.78, 5) is 0. The lowest BCUT2D eigenvalue weighted by Crippen LogP contribution is -2.01. The van der Waals surface area contributed by atoms with Crippen LogP contribution in [0.3, 0.4) is 0 Å². The lowest BCUT2D eigenvalue weighted by atomic mass is 10.3. The van der Waals surface area contributed by atoms with Crippen molar-refractivity contribution in [2.75, 3.05) is 0 Å². The van der Waals surface area contributed by atoms with E-state index in [9.17, 15) is 4.39 Å². The lowest BCUT2D eigenvalue weighted by Gasteiger charge is -2.02. The molecular formula is C6H5BClFO2. The molecule has 1 rings (SSSR count). The van der Waals surface area contributed by atoms with E-state index in [1.54, 1.807) is 0 Å². The predicted molar refractivity (Wildman–Crippen MR) is 41.4 cm³/mol. The Morgan fingerprint density at radius 2 is 2.27 bits per heavy atom. The monoisotopic (exact) mass is 174 g/mol.